The van der Waals surface area contributed by atoms with Crippen molar-refractivity contribution in [1.29, 1.82) is 0 Å². The number of carboxylic acids is 1. The smallest absolute Gasteiger partial charge is 0.326 e. The lowest BCUT2D eigenvalue weighted by Crippen LogP contribution is -2.56. The van der Waals surface area contributed by atoms with Crippen LogP contribution in [-0.4, -0.2) is 22.7 Å². The Hall–Kier alpha value is -1.51. The Morgan fingerprint density at radius 2 is 2.14 bits per heavy atom. The summed E-state index contributed by atoms with van der Waals surface area (Å²) in [5.41, 5.74) is 3.50. The lowest BCUT2D eigenvalue weighted by Gasteiger charge is -2.50. The van der Waals surface area contributed by atoms with Crippen LogP contribution in [0.4, 0.5) is 5.69 Å². The van der Waals surface area contributed by atoms with Gasteiger partial charge in [-0.3, -0.25) is 0 Å². The Kier molecular flexibility index (Phi) is 4.84. The van der Waals surface area contributed by atoms with Crippen molar-refractivity contribution in [3.8, 4) is 0 Å². The number of rotatable bonds is 5. The van der Waals surface area contributed by atoms with E-state index in [9.17, 15) is 9.90 Å². The number of fused-ring (bicyclic) bond motifs is 1. The molecule has 0 amide bonds. The van der Waals surface area contributed by atoms with Crippen molar-refractivity contribution in [3.05, 3.63) is 29.3 Å². The fourth-order valence-electron chi connectivity index (χ4n) is 3.92. The normalized spacial score (nSPS) is 21.3. The van der Waals surface area contributed by atoms with Gasteiger partial charge in [-0.15, -0.1) is 0 Å². The van der Waals surface area contributed by atoms with Gasteiger partial charge in [0.2, 0.25) is 0 Å². The number of benzene rings is 1. The number of carbonyl (C=O) groups is 1. The summed E-state index contributed by atoms with van der Waals surface area (Å²) in [5, 5.41) is 9.79. The van der Waals surface area contributed by atoms with Crippen LogP contribution in [0.1, 0.15) is 70.4 Å². The highest BCUT2D eigenvalue weighted by Gasteiger charge is 2.42. The highest BCUT2D eigenvalue weighted by atomic mass is 16.4. The molecule has 0 saturated carbocycles. The molecule has 1 heterocycles. The van der Waals surface area contributed by atoms with Crippen molar-refractivity contribution < 1.29 is 9.90 Å². The predicted octanol–water partition coefficient (Wildman–Crippen LogP) is 4.73. The molecule has 0 spiro atoms. The van der Waals surface area contributed by atoms with E-state index in [0.29, 0.717) is 12.3 Å². The topological polar surface area (TPSA) is 40.5 Å². The summed E-state index contributed by atoms with van der Waals surface area (Å²) in [4.78, 5) is 14.1. The molecule has 3 nitrogen and oxygen atoms in total. The summed E-state index contributed by atoms with van der Waals surface area (Å²) in [6, 6.07) is 5.99. The van der Waals surface area contributed by atoms with E-state index in [4.69, 9.17) is 0 Å². The van der Waals surface area contributed by atoms with Gasteiger partial charge in [0.15, 0.2) is 0 Å². The van der Waals surface area contributed by atoms with Crippen LogP contribution in [0.3, 0.4) is 0 Å². The third-order valence-electron chi connectivity index (χ3n) is 4.86. The Labute approximate surface area is 134 Å². The summed E-state index contributed by atoms with van der Waals surface area (Å²) >= 11 is 0. The van der Waals surface area contributed by atoms with Gasteiger partial charge in [-0.05, 0) is 51.2 Å². The van der Waals surface area contributed by atoms with Crippen molar-refractivity contribution in [2.24, 2.45) is 0 Å². The van der Waals surface area contributed by atoms with Gasteiger partial charge in [-0.25, -0.2) is 4.79 Å². The summed E-state index contributed by atoms with van der Waals surface area (Å²) in [6.45, 7) is 10.8. The van der Waals surface area contributed by atoms with Crippen LogP contribution in [0.5, 0.6) is 0 Å². The zero-order chi connectivity index (χ0) is 16.5. The molecule has 2 rings (SSSR count). The molecule has 0 aromatic heterocycles. The molecule has 0 bridgehead atoms. The lowest BCUT2D eigenvalue weighted by atomic mass is 9.78. The fraction of sp³-hybridized carbons (Fsp3) is 0.632. The van der Waals surface area contributed by atoms with E-state index in [-0.39, 0.29) is 5.54 Å². The number of aryl methyl sites for hydroxylation is 1. The van der Waals surface area contributed by atoms with Crippen molar-refractivity contribution in [2.45, 2.75) is 77.8 Å². The van der Waals surface area contributed by atoms with Crippen LogP contribution in [0.2, 0.25) is 0 Å². The molecule has 1 aliphatic rings. The maximum absolute atomic E-state index is 11.9. The minimum atomic E-state index is -0.706. The number of unbranched alkanes of at least 4 members (excludes halogenated alkanes) is 1. The van der Waals surface area contributed by atoms with E-state index < -0.39 is 12.0 Å². The molecule has 1 aliphatic heterocycles. The van der Waals surface area contributed by atoms with Crippen LogP contribution in [0.15, 0.2) is 18.2 Å². The van der Waals surface area contributed by atoms with E-state index in [1.165, 1.54) is 11.1 Å². The van der Waals surface area contributed by atoms with Gasteiger partial charge >= 0.3 is 5.97 Å². The van der Waals surface area contributed by atoms with Crippen molar-refractivity contribution in [3.63, 3.8) is 0 Å². The fourth-order valence-corrected chi connectivity index (χ4v) is 3.92. The predicted molar refractivity (Wildman–Crippen MR) is 91.7 cm³/mol. The quantitative estimate of drug-likeness (QED) is 0.854. The van der Waals surface area contributed by atoms with Crippen molar-refractivity contribution >= 4 is 11.7 Å². The first-order valence-electron chi connectivity index (χ1n) is 8.40. The van der Waals surface area contributed by atoms with Gasteiger partial charge in [-0.2, -0.15) is 0 Å². The van der Waals surface area contributed by atoms with E-state index >= 15 is 0 Å². The van der Waals surface area contributed by atoms with E-state index in [1.807, 2.05) is 0 Å². The molecular formula is C19H29NO2. The minimum absolute atomic E-state index is 0.140. The maximum Gasteiger partial charge on any atom is 0.326 e. The molecule has 0 radical (unpaired) electrons. The standard InChI is InChI=1S/C19H29NO2/c1-6-7-8-17(18(21)22)20-16-10-9-13(2)11-15(16)14(3)12-19(20,4)5/h9-11,14,17H,6-8,12H2,1-5H3,(H,21,22)/t14-,17-/m1/s1. The molecule has 0 fully saturated rings. The lowest BCUT2D eigenvalue weighted by molar-refractivity contribution is -0.139. The molecule has 22 heavy (non-hydrogen) atoms. The van der Waals surface area contributed by atoms with Gasteiger partial charge in [-0.1, -0.05) is 44.4 Å². The average molecular weight is 303 g/mol. The monoisotopic (exact) mass is 303 g/mol. The molecular weight excluding hydrogens is 274 g/mol. The Morgan fingerprint density at radius 1 is 1.45 bits per heavy atom. The number of aliphatic carboxylic acids is 1. The molecule has 3 heteroatoms. The zero-order valence-corrected chi connectivity index (χ0v) is 14.5. The van der Waals surface area contributed by atoms with Crippen molar-refractivity contribution in [2.75, 3.05) is 4.90 Å². The summed E-state index contributed by atoms with van der Waals surface area (Å²) in [7, 11) is 0. The Balaban J connectivity index is 2.51. The second kappa shape index (κ2) is 6.31. The van der Waals surface area contributed by atoms with Crippen molar-refractivity contribution in [1.82, 2.24) is 0 Å². The van der Waals surface area contributed by atoms with Crippen LogP contribution < -0.4 is 4.90 Å². The van der Waals surface area contributed by atoms with Gasteiger partial charge in [0.25, 0.3) is 0 Å². The molecule has 0 saturated heterocycles. The summed E-state index contributed by atoms with van der Waals surface area (Å²) in [5.74, 6) is -0.246. The summed E-state index contributed by atoms with van der Waals surface area (Å²) in [6.07, 6.45) is 3.66. The molecule has 0 unspecified atom stereocenters. The molecule has 1 N–H and O–H groups in total. The Bertz CT molecular complexity index is 550. The van der Waals surface area contributed by atoms with E-state index in [2.05, 4.69) is 57.7 Å². The second-order valence-electron chi connectivity index (χ2n) is 7.35. The zero-order valence-electron chi connectivity index (χ0n) is 14.5. The maximum atomic E-state index is 11.9. The number of anilines is 1. The summed E-state index contributed by atoms with van der Waals surface area (Å²) < 4.78 is 0. The number of hydrogen-bond donors (Lipinski definition) is 1. The first kappa shape index (κ1) is 16.9. The van der Waals surface area contributed by atoms with Gasteiger partial charge in [0, 0.05) is 11.2 Å². The third kappa shape index (κ3) is 3.13. The highest BCUT2D eigenvalue weighted by molar-refractivity contribution is 5.80. The number of carboxylic acid groups (broad SMARTS) is 1. The van der Waals surface area contributed by atoms with Crippen LogP contribution in [0, 0.1) is 6.92 Å². The van der Waals surface area contributed by atoms with Crippen LogP contribution in [0.25, 0.3) is 0 Å². The number of hydrogen-bond acceptors (Lipinski definition) is 2. The molecule has 1 aromatic carbocycles. The molecule has 2 atom stereocenters. The average Bonchev–Trinajstić information content (AvgIpc) is 2.41. The molecule has 1 aromatic rings. The van der Waals surface area contributed by atoms with Gasteiger partial charge in [0.1, 0.15) is 6.04 Å². The van der Waals surface area contributed by atoms with E-state index in [0.717, 1.165) is 24.9 Å². The van der Waals surface area contributed by atoms with Gasteiger partial charge < -0.3 is 10.0 Å². The first-order chi connectivity index (χ1) is 10.3. The Morgan fingerprint density at radius 3 is 2.73 bits per heavy atom. The van der Waals surface area contributed by atoms with Crippen LogP contribution in [-0.2, 0) is 4.79 Å². The largest absolute Gasteiger partial charge is 0.480 e. The van der Waals surface area contributed by atoms with Crippen LogP contribution >= 0.6 is 0 Å². The second-order valence-corrected chi connectivity index (χ2v) is 7.35. The van der Waals surface area contributed by atoms with E-state index in [1.54, 1.807) is 0 Å². The highest BCUT2D eigenvalue weighted by Crippen LogP contribution is 2.45. The number of nitrogens with zero attached hydrogens (tertiary/aromatic N) is 1. The minimum Gasteiger partial charge on any atom is -0.480 e. The van der Waals surface area contributed by atoms with Gasteiger partial charge in [0.05, 0.1) is 0 Å². The molecule has 0 aliphatic carbocycles. The SMILES string of the molecule is CCCC[C@H](C(=O)O)N1c2ccc(C)cc2[C@H](C)CC1(C)C. The molecule has 122 valence electrons. The first-order valence-corrected chi connectivity index (χ1v) is 8.40. The third-order valence-corrected chi connectivity index (χ3v) is 4.86.